The van der Waals surface area contributed by atoms with Crippen LogP contribution in [0.3, 0.4) is 0 Å². The Morgan fingerprint density at radius 1 is 0.676 bits per heavy atom. The molecule has 2 heterocycles. The molecule has 4 aliphatic carbocycles. The number of nitrogens with zero attached hydrogens (tertiary/aromatic N) is 2. The molecule has 7 unspecified atom stereocenters. The van der Waals surface area contributed by atoms with E-state index in [2.05, 4.69) is 63.1 Å². The second-order valence-corrected chi connectivity index (χ2v) is 22.3. The zero-order valence-electron chi connectivity index (χ0n) is 44.6. The predicted molar refractivity (Wildman–Crippen MR) is 286 cm³/mol. The number of carbonyl (C=O) groups is 6. The largest absolute Gasteiger partial charge is 0.363 e. The topological polar surface area (TPSA) is 166 Å². The molecule has 0 radical (unpaired) electrons. The van der Waals surface area contributed by atoms with Gasteiger partial charge in [-0.15, -0.1) is 0 Å². The van der Waals surface area contributed by atoms with Gasteiger partial charge in [0.1, 0.15) is 30.5 Å². The van der Waals surface area contributed by atoms with Crippen molar-refractivity contribution in [1.29, 1.82) is 0 Å². The van der Waals surface area contributed by atoms with Crippen LogP contribution in [0.25, 0.3) is 0 Å². The number of amides is 5. The molecule has 2 aliphatic heterocycles. The van der Waals surface area contributed by atoms with Crippen LogP contribution in [0.5, 0.6) is 0 Å². The van der Waals surface area contributed by atoms with Crippen LogP contribution in [0.1, 0.15) is 171 Å². The second kappa shape index (κ2) is 26.3. The molecule has 0 bridgehead atoms. The number of fused-ring (bicyclic) bond motifs is 2. The van der Waals surface area contributed by atoms with Crippen molar-refractivity contribution in [2.24, 2.45) is 29.6 Å². The lowest BCUT2D eigenvalue weighted by Gasteiger charge is -2.35. The number of hydrogen-bond acceptors (Lipinski definition) is 8. The first-order valence-electron chi connectivity index (χ1n) is 28.4. The number of likely N-dealkylation sites (N-methyl/N-ethyl adjacent to an activating group) is 1. The fraction of sp³-hybridized carbons (Fsp3) is 0.639. The summed E-state index contributed by atoms with van der Waals surface area (Å²) in [5.41, 5.74) is 4.43. The molecule has 10 atom stereocenters. The predicted octanol–water partition coefficient (Wildman–Crippen LogP) is 7.46. The van der Waals surface area contributed by atoms with E-state index in [-0.39, 0.29) is 90.2 Å². The van der Waals surface area contributed by atoms with Gasteiger partial charge >= 0.3 is 0 Å². The maximum absolute atomic E-state index is 14.4. The van der Waals surface area contributed by atoms with E-state index >= 15 is 0 Å². The normalized spacial score (nSPS) is 25.2. The minimum atomic E-state index is -0.613. The van der Waals surface area contributed by atoms with Crippen LogP contribution >= 0.6 is 0 Å². The summed E-state index contributed by atoms with van der Waals surface area (Å²) in [6, 6.07) is 13.6. The van der Waals surface area contributed by atoms with Gasteiger partial charge < -0.3 is 35.8 Å². The number of carbonyl (C=O) groups excluding carboxylic acids is 6. The van der Waals surface area contributed by atoms with Crippen LogP contribution in [-0.2, 0) is 46.3 Å². The standard InChI is InChI=1S/C61H82N6O7/c1-5-40(2)57(69)64-55(43-25-14-10-15-26-43)61(73)67-35-22-33-51(67)58(70)63-54-46(37-44-27-16-18-30-47(44)54)29-11-7-6-8-20-36-74-53-38-45-28-17-19-31-48(45)56(53)65-59(71)50-32-21-34-66(50)60(72)49(39-52(68)41(3)62-4)42-23-12-9-13-24-42/h16-19,27-28,30-31,40-43,46,49-51,53-56,62H,5,9-15,21-26,29,32-39H2,1-4H3,(H,63,70)(H,64,69)(H,65,71)/t40-,41+,46?,49?,50?,51?,53?,54?,55+,56?/m0/s1. The lowest BCUT2D eigenvalue weighted by atomic mass is 9.76. The van der Waals surface area contributed by atoms with Crippen LogP contribution in [-0.4, -0.2) is 102 Å². The van der Waals surface area contributed by atoms with Gasteiger partial charge in [0.15, 0.2) is 0 Å². The molecule has 0 aromatic heterocycles. The Kier molecular flexibility index (Phi) is 19.5. The molecule has 74 heavy (non-hydrogen) atoms. The lowest BCUT2D eigenvalue weighted by Crippen LogP contribution is -2.57. The SMILES string of the molecule is CC[C@H](C)C(=O)N[C@@H](C(=O)N1CCCC1C(=O)NC1c2ccccc2CC1CCC#CC#CCOC1Cc2ccccc2C1NC(=O)C1CCCN1C(=O)C(CC(=O)[C@@H](C)NC)C1CCCCC1)C1CCCCC1. The van der Waals surface area contributed by atoms with Crippen LogP contribution in [0.15, 0.2) is 48.5 Å². The molecule has 2 saturated carbocycles. The number of Topliss-reactive ketones (excluding diaryl/α,β-unsaturated/α-hetero) is 1. The zero-order valence-corrected chi connectivity index (χ0v) is 44.6. The van der Waals surface area contributed by atoms with Gasteiger partial charge in [-0.2, -0.15) is 0 Å². The Labute approximate surface area is 440 Å². The molecule has 2 aromatic rings. The average molecular weight is 1010 g/mol. The molecule has 6 aliphatic rings. The molecule has 8 rings (SSSR count). The third-order valence-corrected chi connectivity index (χ3v) is 17.7. The second-order valence-electron chi connectivity index (χ2n) is 22.3. The van der Waals surface area contributed by atoms with E-state index in [0.717, 1.165) is 107 Å². The fourth-order valence-electron chi connectivity index (χ4n) is 13.0. The molecule has 398 valence electrons. The highest BCUT2D eigenvalue weighted by Crippen LogP contribution is 2.40. The maximum atomic E-state index is 14.4. The Bertz CT molecular complexity index is 2270. The van der Waals surface area contributed by atoms with Crippen LogP contribution in [0.4, 0.5) is 0 Å². The molecule has 13 heteroatoms. The highest BCUT2D eigenvalue weighted by molar-refractivity contribution is 5.94. The molecule has 13 nitrogen and oxygen atoms in total. The summed E-state index contributed by atoms with van der Waals surface area (Å²) >= 11 is 0. The van der Waals surface area contributed by atoms with Gasteiger partial charge in [-0.25, -0.2) is 0 Å². The van der Waals surface area contributed by atoms with Crippen molar-refractivity contribution in [3.05, 3.63) is 70.8 Å². The van der Waals surface area contributed by atoms with Gasteiger partial charge in [0.25, 0.3) is 0 Å². The van der Waals surface area contributed by atoms with Gasteiger partial charge in [-0.05, 0) is 136 Å². The number of benzene rings is 2. The first-order valence-corrected chi connectivity index (χ1v) is 28.4. The number of ether oxygens (including phenoxy) is 1. The highest BCUT2D eigenvalue weighted by atomic mass is 16.5. The van der Waals surface area contributed by atoms with Gasteiger partial charge in [0.05, 0.1) is 24.2 Å². The van der Waals surface area contributed by atoms with Gasteiger partial charge in [-0.1, -0.05) is 113 Å². The van der Waals surface area contributed by atoms with Gasteiger partial charge in [0, 0.05) is 44.2 Å². The summed E-state index contributed by atoms with van der Waals surface area (Å²) < 4.78 is 6.38. The molecule has 2 saturated heterocycles. The zero-order chi connectivity index (χ0) is 52.1. The Morgan fingerprint density at radius 3 is 1.88 bits per heavy atom. The van der Waals surface area contributed by atoms with E-state index in [1.807, 2.05) is 51.1 Å². The first-order chi connectivity index (χ1) is 36.0. The summed E-state index contributed by atoms with van der Waals surface area (Å²) in [4.78, 5) is 87.2. The molecular formula is C61H82N6O7. The molecule has 4 fully saturated rings. The van der Waals surface area contributed by atoms with Crippen molar-refractivity contribution in [2.75, 3.05) is 26.7 Å². The Morgan fingerprint density at radius 2 is 1.24 bits per heavy atom. The summed E-state index contributed by atoms with van der Waals surface area (Å²) in [6.07, 6.45) is 16.1. The quantitative estimate of drug-likeness (QED) is 0.105. The fourth-order valence-corrected chi connectivity index (χ4v) is 13.0. The summed E-state index contributed by atoms with van der Waals surface area (Å²) in [5, 5.41) is 12.9. The minimum absolute atomic E-state index is 0.0347. The lowest BCUT2D eigenvalue weighted by molar-refractivity contribution is -0.145. The van der Waals surface area contributed by atoms with Gasteiger partial charge in [-0.3, -0.25) is 28.8 Å². The summed E-state index contributed by atoms with van der Waals surface area (Å²) in [7, 11) is 1.77. The number of nitrogens with one attached hydrogen (secondary N) is 4. The van der Waals surface area contributed by atoms with Crippen molar-refractivity contribution >= 4 is 35.3 Å². The smallest absolute Gasteiger partial charge is 0.246 e. The third kappa shape index (κ3) is 13.1. The van der Waals surface area contributed by atoms with Gasteiger partial charge in [0.2, 0.25) is 29.5 Å². The third-order valence-electron chi connectivity index (χ3n) is 17.7. The molecular weight excluding hydrogens is 929 g/mol. The maximum Gasteiger partial charge on any atom is 0.246 e. The van der Waals surface area contributed by atoms with E-state index in [1.54, 1.807) is 16.8 Å². The van der Waals surface area contributed by atoms with Crippen molar-refractivity contribution in [3.8, 4) is 23.7 Å². The van der Waals surface area contributed by atoms with E-state index in [4.69, 9.17) is 4.74 Å². The van der Waals surface area contributed by atoms with Crippen molar-refractivity contribution in [3.63, 3.8) is 0 Å². The Hall–Kier alpha value is -5.50. The summed E-state index contributed by atoms with van der Waals surface area (Å²) in [5.74, 6) is 11.5. The molecule has 2 aromatic carbocycles. The molecule has 4 N–H and O–H groups in total. The summed E-state index contributed by atoms with van der Waals surface area (Å²) in [6.45, 7) is 6.86. The van der Waals surface area contributed by atoms with E-state index < -0.39 is 30.1 Å². The number of ketones is 1. The average Bonchev–Trinajstić information content (AvgIpc) is 4.26. The van der Waals surface area contributed by atoms with Crippen LogP contribution < -0.4 is 21.3 Å². The van der Waals surface area contributed by atoms with E-state index in [9.17, 15) is 28.8 Å². The van der Waals surface area contributed by atoms with Crippen molar-refractivity contribution < 1.29 is 33.5 Å². The number of likely N-dealkylation sites (tertiary alicyclic amines) is 2. The van der Waals surface area contributed by atoms with Crippen LogP contribution in [0.2, 0.25) is 0 Å². The minimum Gasteiger partial charge on any atom is -0.363 e. The molecule has 5 amide bonds. The highest BCUT2D eigenvalue weighted by Gasteiger charge is 2.45. The van der Waals surface area contributed by atoms with E-state index in [0.29, 0.717) is 45.2 Å². The number of rotatable bonds is 19. The van der Waals surface area contributed by atoms with Crippen molar-refractivity contribution in [2.45, 2.75) is 192 Å². The van der Waals surface area contributed by atoms with Crippen molar-refractivity contribution in [1.82, 2.24) is 31.1 Å². The number of hydrogen-bond donors (Lipinski definition) is 4. The van der Waals surface area contributed by atoms with E-state index in [1.165, 1.54) is 5.56 Å². The van der Waals surface area contributed by atoms with Crippen LogP contribution in [0, 0.1) is 53.3 Å². The monoisotopic (exact) mass is 1010 g/mol. The first kappa shape index (κ1) is 54.8. The molecule has 0 spiro atoms. The Balaban J connectivity index is 0.858.